The molecular weight excluding hydrogens is 231 g/mol. The largest absolute Gasteiger partial charge is 0.365 e. The average Bonchev–Trinajstić information content (AvgIpc) is 1.94. The topological polar surface area (TPSA) is 0 Å². The summed E-state index contributed by atoms with van der Waals surface area (Å²) < 4.78 is 0. The predicted octanol–water partition coefficient (Wildman–Crippen LogP) is 4.71. The number of halogens is 3. The second kappa shape index (κ2) is 7.25. The Balaban J connectivity index is 3.25. The van der Waals surface area contributed by atoms with E-state index in [4.69, 9.17) is 33.2 Å². The molecule has 0 saturated carbocycles. The quantitative estimate of drug-likeness (QED) is 0.361. The van der Waals surface area contributed by atoms with Crippen molar-refractivity contribution in [1.29, 1.82) is 0 Å². The lowest BCUT2D eigenvalue weighted by Crippen LogP contribution is -2.02. The Morgan fingerprint density at radius 3 is 2.25 bits per heavy atom. The molecule has 0 heterocycles. The minimum atomic E-state index is -2.49. The van der Waals surface area contributed by atoms with Gasteiger partial charge in [0.2, 0.25) is 0 Å². The first-order valence-electron chi connectivity index (χ1n) is 4.30. The summed E-state index contributed by atoms with van der Waals surface area (Å²) in [4.78, 5) is 0. The van der Waals surface area contributed by atoms with Gasteiger partial charge in [-0.15, -0.1) is 33.2 Å². The molecule has 72 valence electrons. The van der Waals surface area contributed by atoms with Crippen LogP contribution in [0.3, 0.4) is 0 Å². The van der Waals surface area contributed by atoms with Crippen LogP contribution in [0, 0.1) is 0 Å². The maximum atomic E-state index is 5.66. The summed E-state index contributed by atoms with van der Waals surface area (Å²) in [5.74, 6) is 0. The number of rotatable bonds is 6. The van der Waals surface area contributed by atoms with Gasteiger partial charge in [-0.1, -0.05) is 38.0 Å². The van der Waals surface area contributed by atoms with E-state index < -0.39 is 6.00 Å². The number of unbranched alkanes of at least 4 members (excludes halogenated alkanes) is 4. The summed E-state index contributed by atoms with van der Waals surface area (Å²) in [6, 6.07) is -2.49. The molecule has 4 heteroatoms. The summed E-state index contributed by atoms with van der Waals surface area (Å²) in [7, 11) is 0. The molecule has 0 aliphatic rings. The van der Waals surface area contributed by atoms with Gasteiger partial charge >= 0.3 is 6.00 Å². The van der Waals surface area contributed by atoms with Crippen LogP contribution in [0.1, 0.15) is 39.0 Å². The van der Waals surface area contributed by atoms with E-state index in [9.17, 15) is 0 Å². The van der Waals surface area contributed by atoms with Crippen molar-refractivity contribution in [1.82, 2.24) is 0 Å². The fraction of sp³-hybridized carbons (Fsp3) is 0.750. The van der Waals surface area contributed by atoms with Crippen molar-refractivity contribution >= 4 is 39.2 Å². The number of hydrogen-bond donors (Lipinski definition) is 0. The monoisotopic (exact) mass is 244 g/mol. The zero-order chi connectivity index (χ0) is 9.45. The molecule has 0 aromatic heterocycles. The lowest BCUT2D eigenvalue weighted by Gasteiger charge is -1.98. The van der Waals surface area contributed by atoms with E-state index >= 15 is 0 Å². The highest BCUT2D eigenvalue weighted by atomic mass is 35.8. The molecule has 0 fully saturated rings. The van der Waals surface area contributed by atoms with Crippen LogP contribution in [-0.4, -0.2) is 6.00 Å². The van der Waals surface area contributed by atoms with Crippen LogP contribution in [0.25, 0.3) is 0 Å². The molecule has 0 nitrogen and oxygen atoms in total. The third-order valence-electron chi connectivity index (χ3n) is 1.53. The SMILES string of the molecule is CCCCCCC=C[Si](Cl)(Cl)Cl. The lowest BCUT2D eigenvalue weighted by molar-refractivity contribution is 0.674. The first kappa shape index (κ1) is 12.8. The van der Waals surface area contributed by atoms with Crippen LogP contribution in [-0.2, 0) is 0 Å². The maximum absolute atomic E-state index is 5.66. The third kappa shape index (κ3) is 10.8. The predicted molar refractivity (Wildman–Crippen MR) is 61.2 cm³/mol. The van der Waals surface area contributed by atoms with Crippen LogP contribution >= 0.6 is 33.2 Å². The van der Waals surface area contributed by atoms with Gasteiger partial charge in [0, 0.05) is 0 Å². The zero-order valence-corrected chi connectivity index (χ0v) is 10.6. The Morgan fingerprint density at radius 1 is 1.08 bits per heavy atom. The summed E-state index contributed by atoms with van der Waals surface area (Å²) in [5.41, 5.74) is 1.75. The van der Waals surface area contributed by atoms with Gasteiger partial charge in [0.15, 0.2) is 0 Å². The van der Waals surface area contributed by atoms with Crippen molar-refractivity contribution in [3.63, 3.8) is 0 Å². The molecule has 0 aromatic rings. The van der Waals surface area contributed by atoms with Gasteiger partial charge in [-0.3, -0.25) is 0 Å². The highest BCUT2D eigenvalue weighted by Crippen LogP contribution is 2.21. The lowest BCUT2D eigenvalue weighted by atomic mass is 10.2. The highest BCUT2D eigenvalue weighted by molar-refractivity contribution is 7.66. The molecule has 0 aromatic carbocycles. The second-order valence-corrected chi connectivity index (χ2v) is 11.3. The number of allylic oxidation sites excluding steroid dienone is 1. The van der Waals surface area contributed by atoms with E-state index in [2.05, 4.69) is 6.92 Å². The van der Waals surface area contributed by atoms with E-state index in [0.29, 0.717) is 0 Å². The molecule has 0 rings (SSSR count). The molecule has 0 unspecified atom stereocenters. The fourth-order valence-electron chi connectivity index (χ4n) is 0.906. The first-order chi connectivity index (χ1) is 5.56. The van der Waals surface area contributed by atoms with E-state index in [-0.39, 0.29) is 0 Å². The Labute approximate surface area is 90.0 Å². The standard InChI is InChI=1S/C8H15Cl3Si/c1-2-3-4-5-6-7-8-12(9,10)11/h7-8H,2-6H2,1H3. The normalized spacial score (nSPS) is 12.7. The Bertz CT molecular complexity index is 129. The van der Waals surface area contributed by atoms with Gasteiger partial charge in [-0.2, -0.15) is 0 Å². The maximum Gasteiger partial charge on any atom is 0.365 e. The smallest absolute Gasteiger partial charge is 0.121 e. The van der Waals surface area contributed by atoms with Crippen LogP contribution in [0.5, 0.6) is 0 Å². The summed E-state index contributed by atoms with van der Waals surface area (Å²) in [5, 5.41) is 0. The summed E-state index contributed by atoms with van der Waals surface area (Å²) in [6.45, 7) is 2.20. The zero-order valence-electron chi connectivity index (χ0n) is 7.32. The van der Waals surface area contributed by atoms with Gasteiger partial charge in [0.25, 0.3) is 0 Å². The molecule has 0 atom stereocenters. The van der Waals surface area contributed by atoms with Gasteiger partial charge in [-0.05, 0) is 12.8 Å². The molecule has 0 N–H and O–H groups in total. The van der Waals surface area contributed by atoms with E-state index in [1.165, 1.54) is 25.7 Å². The average molecular weight is 246 g/mol. The van der Waals surface area contributed by atoms with Crippen molar-refractivity contribution in [3.05, 3.63) is 11.8 Å². The van der Waals surface area contributed by atoms with Crippen LogP contribution in [0.2, 0.25) is 0 Å². The minimum absolute atomic E-state index is 1.04. The summed E-state index contributed by atoms with van der Waals surface area (Å²) >= 11 is 17.0. The van der Waals surface area contributed by atoms with Gasteiger partial charge in [0.05, 0.1) is 0 Å². The minimum Gasteiger partial charge on any atom is -0.121 e. The van der Waals surface area contributed by atoms with Crippen molar-refractivity contribution in [2.24, 2.45) is 0 Å². The van der Waals surface area contributed by atoms with Crippen LogP contribution in [0.4, 0.5) is 0 Å². The molecular formula is C8H15Cl3Si. The third-order valence-corrected chi connectivity index (χ3v) is 3.28. The molecule has 0 aliphatic heterocycles. The van der Waals surface area contributed by atoms with Crippen molar-refractivity contribution in [2.75, 3.05) is 0 Å². The van der Waals surface area contributed by atoms with E-state index in [0.717, 1.165) is 6.42 Å². The van der Waals surface area contributed by atoms with Crippen molar-refractivity contribution in [2.45, 2.75) is 39.0 Å². The van der Waals surface area contributed by atoms with Crippen LogP contribution in [0.15, 0.2) is 11.8 Å². The Morgan fingerprint density at radius 2 is 1.75 bits per heavy atom. The van der Waals surface area contributed by atoms with E-state index in [1.807, 2.05) is 6.08 Å². The Kier molecular flexibility index (Phi) is 7.75. The fourth-order valence-corrected chi connectivity index (χ4v) is 2.14. The van der Waals surface area contributed by atoms with Gasteiger partial charge < -0.3 is 0 Å². The molecule has 0 spiro atoms. The molecule has 0 radical (unpaired) electrons. The Hall–Kier alpha value is 0.827. The molecule has 0 saturated heterocycles. The van der Waals surface area contributed by atoms with Crippen molar-refractivity contribution < 1.29 is 0 Å². The molecule has 0 amide bonds. The van der Waals surface area contributed by atoms with Gasteiger partial charge in [0.1, 0.15) is 0 Å². The van der Waals surface area contributed by atoms with E-state index in [1.54, 1.807) is 5.70 Å². The van der Waals surface area contributed by atoms with Crippen molar-refractivity contribution in [3.8, 4) is 0 Å². The van der Waals surface area contributed by atoms with Gasteiger partial charge in [-0.25, -0.2) is 0 Å². The number of hydrogen-bond acceptors (Lipinski definition) is 0. The first-order valence-corrected chi connectivity index (χ1v) is 9.42. The second-order valence-electron chi connectivity index (χ2n) is 2.79. The highest BCUT2D eigenvalue weighted by Gasteiger charge is 2.19. The van der Waals surface area contributed by atoms with Crippen LogP contribution < -0.4 is 0 Å². The summed E-state index contributed by atoms with van der Waals surface area (Å²) in [6.07, 6.45) is 8.10. The molecule has 12 heavy (non-hydrogen) atoms. The molecule has 0 bridgehead atoms. The molecule has 0 aliphatic carbocycles.